The fourth-order valence-electron chi connectivity index (χ4n) is 2.91. The summed E-state index contributed by atoms with van der Waals surface area (Å²) in [5.41, 5.74) is 4.17. The van der Waals surface area contributed by atoms with E-state index in [2.05, 4.69) is 15.3 Å². The molecule has 0 aliphatic heterocycles. The van der Waals surface area contributed by atoms with Gasteiger partial charge in [0.2, 0.25) is 4.77 Å². The number of hydrogen-bond acceptors (Lipinski definition) is 4. The topological polar surface area (TPSA) is 55.2 Å². The Morgan fingerprint density at radius 1 is 1.00 bits per heavy atom. The molecule has 1 N–H and O–H groups in total. The quantitative estimate of drug-likeness (QED) is 0.349. The molecule has 0 saturated carbocycles. The first-order valence-electron chi connectivity index (χ1n) is 9.25. The number of nitrogens with one attached hydrogen (secondary N) is 1. The first-order chi connectivity index (χ1) is 14.2. The Balaban J connectivity index is 1.49. The maximum atomic E-state index is 5.83. The predicted molar refractivity (Wildman–Crippen MR) is 118 cm³/mol. The van der Waals surface area contributed by atoms with Crippen LogP contribution in [0.3, 0.4) is 0 Å². The van der Waals surface area contributed by atoms with Crippen LogP contribution in [-0.4, -0.2) is 21.1 Å². The van der Waals surface area contributed by atoms with Crippen LogP contribution in [0.1, 0.15) is 16.7 Å². The average molecular weight is 401 g/mol. The van der Waals surface area contributed by atoms with Crippen LogP contribution in [0.25, 0.3) is 11.4 Å². The van der Waals surface area contributed by atoms with Gasteiger partial charge in [-0.05, 0) is 60.1 Å². The summed E-state index contributed by atoms with van der Waals surface area (Å²) in [7, 11) is 0. The molecule has 0 radical (unpaired) electrons. The molecule has 0 spiro atoms. The lowest BCUT2D eigenvalue weighted by molar-refractivity contribution is 0.306. The summed E-state index contributed by atoms with van der Waals surface area (Å²) in [4.78, 5) is 0. The first-order valence-corrected chi connectivity index (χ1v) is 9.66. The van der Waals surface area contributed by atoms with Crippen molar-refractivity contribution in [3.63, 3.8) is 0 Å². The number of nitrogens with zero attached hydrogens (tertiary/aromatic N) is 3. The second kappa shape index (κ2) is 8.67. The summed E-state index contributed by atoms with van der Waals surface area (Å²) >= 11 is 5.34. The van der Waals surface area contributed by atoms with E-state index in [9.17, 15) is 0 Å². The molecular weight excluding hydrogens is 380 g/mol. The summed E-state index contributed by atoms with van der Waals surface area (Å²) in [6.07, 6.45) is 1.76. The van der Waals surface area contributed by atoms with Gasteiger partial charge in [0.15, 0.2) is 5.82 Å². The fourth-order valence-corrected chi connectivity index (χ4v) is 3.09. The van der Waals surface area contributed by atoms with Crippen LogP contribution in [0, 0.1) is 11.7 Å². The van der Waals surface area contributed by atoms with Gasteiger partial charge in [-0.3, -0.25) is 0 Å². The number of ether oxygens (including phenoxy) is 1. The van der Waals surface area contributed by atoms with E-state index in [4.69, 9.17) is 17.0 Å². The number of aryl methyl sites for hydroxylation is 1. The molecule has 0 fully saturated rings. The minimum atomic E-state index is 0.447. The number of benzene rings is 3. The molecule has 0 amide bonds. The van der Waals surface area contributed by atoms with E-state index in [1.165, 1.54) is 0 Å². The van der Waals surface area contributed by atoms with Gasteiger partial charge in [0.05, 0.1) is 6.21 Å². The van der Waals surface area contributed by atoms with Crippen LogP contribution in [0.4, 0.5) is 0 Å². The van der Waals surface area contributed by atoms with Gasteiger partial charge < -0.3 is 4.74 Å². The van der Waals surface area contributed by atoms with E-state index in [0.717, 1.165) is 28.0 Å². The van der Waals surface area contributed by atoms with Crippen molar-refractivity contribution >= 4 is 18.4 Å². The number of aromatic amines is 1. The highest BCUT2D eigenvalue weighted by atomic mass is 32.1. The number of rotatable bonds is 6. The molecule has 1 aromatic heterocycles. The smallest absolute Gasteiger partial charge is 0.216 e. The van der Waals surface area contributed by atoms with Crippen LogP contribution in [0.2, 0.25) is 0 Å². The SMILES string of the molecule is Cc1ccccc1-c1n[nH]c(=S)n1/N=C/c1ccc(OCc2ccccc2)cc1. The number of aromatic nitrogens is 3. The molecule has 3 aromatic carbocycles. The Morgan fingerprint density at radius 2 is 1.72 bits per heavy atom. The van der Waals surface area contributed by atoms with Crippen molar-refractivity contribution in [2.24, 2.45) is 5.10 Å². The summed E-state index contributed by atoms with van der Waals surface area (Å²) < 4.78 is 7.91. The summed E-state index contributed by atoms with van der Waals surface area (Å²) in [5, 5.41) is 11.7. The molecule has 144 valence electrons. The highest BCUT2D eigenvalue weighted by Crippen LogP contribution is 2.21. The normalized spacial score (nSPS) is 11.1. The molecule has 0 unspecified atom stereocenters. The maximum absolute atomic E-state index is 5.83. The Bertz CT molecular complexity index is 1180. The largest absolute Gasteiger partial charge is 0.489 e. The predicted octanol–water partition coefficient (Wildman–Crippen LogP) is 5.38. The van der Waals surface area contributed by atoms with E-state index < -0.39 is 0 Å². The highest BCUT2D eigenvalue weighted by Gasteiger charge is 2.10. The van der Waals surface area contributed by atoms with Crippen LogP contribution >= 0.6 is 12.2 Å². The zero-order valence-electron chi connectivity index (χ0n) is 15.9. The fraction of sp³-hybridized carbons (Fsp3) is 0.0870. The molecule has 4 rings (SSSR count). The molecular formula is C23H20N4OS. The van der Waals surface area contributed by atoms with Crippen LogP contribution in [0.15, 0.2) is 84.0 Å². The first kappa shape index (κ1) is 18.8. The van der Waals surface area contributed by atoms with Crippen molar-refractivity contribution in [1.29, 1.82) is 0 Å². The third kappa shape index (κ3) is 4.50. The van der Waals surface area contributed by atoms with Gasteiger partial charge in [0, 0.05) is 5.56 Å². The van der Waals surface area contributed by atoms with Gasteiger partial charge in [-0.1, -0.05) is 54.6 Å². The van der Waals surface area contributed by atoms with Gasteiger partial charge in [-0.25, -0.2) is 5.10 Å². The maximum Gasteiger partial charge on any atom is 0.216 e. The van der Waals surface area contributed by atoms with Gasteiger partial charge in [-0.15, -0.1) is 0 Å². The second-order valence-corrected chi connectivity index (χ2v) is 6.95. The molecule has 29 heavy (non-hydrogen) atoms. The van der Waals surface area contributed by atoms with E-state index in [-0.39, 0.29) is 0 Å². The van der Waals surface area contributed by atoms with Gasteiger partial charge in [0.25, 0.3) is 0 Å². The van der Waals surface area contributed by atoms with E-state index in [1.807, 2.05) is 85.8 Å². The summed E-state index contributed by atoms with van der Waals surface area (Å²) in [5.74, 6) is 1.50. The molecule has 1 heterocycles. The molecule has 5 nitrogen and oxygen atoms in total. The monoisotopic (exact) mass is 400 g/mol. The summed E-state index contributed by atoms with van der Waals surface area (Å²) in [6, 6.07) is 25.9. The number of hydrogen-bond donors (Lipinski definition) is 1. The van der Waals surface area contributed by atoms with Gasteiger partial charge >= 0.3 is 0 Å². The minimum absolute atomic E-state index is 0.447. The molecule has 0 atom stereocenters. The highest BCUT2D eigenvalue weighted by molar-refractivity contribution is 7.71. The third-order valence-electron chi connectivity index (χ3n) is 4.49. The van der Waals surface area contributed by atoms with Crippen molar-refractivity contribution in [2.45, 2.75) is 13.5 Å². The van der Waals surface area contributed by atoms with Crippen LogP contribution in [0.5, 0.6) is 5.75 Å². The Kier molecular flexibility index (Phi) is 5.63. The minimum Gasteiger partial charge on any atom is -0.489 e. The Labute approximate surface area is 174 Å². The van der Waals surface area contributed by atoms with Crippen LogP contribution < -0.4 is 4.74 Å². The Morgan fingerprint density at radius 3 is 2.48 bits per heavy atom. The lowest BCUT2D eigenvalue weighted by Crippen LogP contribution is -1.97. The summed E-state index contributed by atoms with van der Waals surface area (Å²) in [6.45, 7) is 2.58. The van der Waals surface area contributed by atoms with Gasteiger partial charge in [-0.2, -0.15) is 14.9 Å². The standard InChI is InChI=1S/C23H20N4OS/c1-17-7-5-6-10-21(17)22-25-26-23(29)27(22)24-15-18-11-13-20(14-12-18)28-16-19-8-3-2-4-9-19/h2-15H,16H2,1H3,(H,26,29)/b24-15+. The zero-order chi connectivity index (χ0) is 20.1. The van der Waals surface area contributed by atoms with E-state index in [1.54, 1.807) is 10.9 Å². The molecule has 0 aliphatic rings. The van der Waals surface area contributed by atoms with Gasteiger partial charge in [0.1, 0.15) is 12.4 Å². The van der Waals surface area contributed by atoms with Crippen molar-refractivity contribution in [2.75, 3.05) is 0 Å². The second-order valence-electron chi connectivity index (χ2n) is 6.57. The molecule has 0 bridgehead atoms. The average Bonchev–Trinajstić information content (AvgIpc) is 3.13. The zero-order valence-corrected chi connectivity index (χ0v) is 16.8. The Hall–Kier alpha value is -3.51. The molecule has 4 aromatic rings. The van der Waals surface area contributed by atoms with Crippen molar-refractivity contribution in [3.05, 3.63) is 100 Å². The van der Waals surface area contributed by atoms with E-state index in [0.29, 0.717) is 17.2 Å². The lowest BCUT2D eigenvalue weighted by atomic mass is 10.1. The van der Waals surface area contributed by atoms with E-state index >= 15 is 0 Å². The molecule has 6 heteroatoms. The van der Waals surface area contributed by atoms with Crippen LogP contribution in [-0.2, 0) is 6.61 Å². The molecule has 0 aliphatic carbocycles. The van der Waals surface area contributed by atoms with Crippen molar-refractivity contribution < 1.29 is 4.74 Å². The lowest BCUT2D eigenvalue weighted by Gasteiger charge is -2.06. The van der Waals surface area contributed by atoms with Crippen molar-refractivity contribution in [3.8, 4) is 17.1 Å². The third-order valence-corrected chi connectivity index (χ3v) is 4.75. The van der Waals surface area contributed by atoms with Crippen molar-refractivity contribution in [1.82, 2.24) is 14.9 Å². The molecule has 0 saturated heterocycles. The number of H-pyrrole nitrogens is 1.